The molecule has 1 heterocycles. The molecule has 2 N–H and O–H groups in total. The van der Waals surface area contributed by atoms with Crippen molar-refractivity contribution in [2.45, 2.75) is 43.3 Å². The molecule has 4 rings (SSSR count). The van der Waals surface area contributed by atoms with Gasteiger partial charge >= 0.3 is 18.0 Å². The summed E-state index contributed by atoms with van der Waals surface area (Å²) >= 11 is 0. The summed E-state index contributed by atoms with van der Waals surface area (Å²) in [5, 5.41) is 1.75. The zero-order chi connectivity index (χ0) is 26.3. The molecule has 2 aliphatic rings. The summed E-state index contributed by atoms with van der Waals surface area (Å²) in [6.45, 7) is -1.79. The minimum Gasteiger partial charge on any atom is -0.329 e. The molecule has 1 spiro atoms. The number of amides is 2. The second-order valence-corrected chi connectivity index (χ2v) is 10.8. The molecule has 0 bridgehead atoms. The van der Waals surface area contributed by atoms with Crippen molar-refractivity contribution in [3.05, 3.63) is 59.9 Å². The lowest BCUT2D eigenvalue weighted by Crippen LogP contribution is -2.53. The van der Waals surface area contributed by atoms with Gasteiger partial charge < -0.3 is 10.2 Å². The van der Waals surface area contributed by atoms with Crippen LogP contribution in [0, 0.1) is 11.2 Å². The Morgan fingerprint density at radius 3 is 2.33 bits per heavy atom. The van der Waals surface area contributed by atoms with E-state index in [0.29, 0.717) is 18.4 Å². The van der Waals surface area contributed by atoms with Crippen LogP contribution in [0.1, 0.15) is 18.4 Å². The van der Waals surface area contributed by atoms with E-state index >= 15 is 4.39 Å². The number of benzene rings is 2. The predicted molar refractivity (Wildman–Crippen MR) is 119 cm³/mol. The lowest BCUT2D eigenvalue weighted by atomic mass is 9.91. The van der Waals surface area contributed by atoms with Gasteiger partial charge in [-0.15, -0.1) is 0 Å². The highest BCUT2D eigenvalue weighted by molar-refractivity contribution is 7.89. The number of urea groups is 1. The third-order valence-electron chi connectivity index (χ3n) is 6.64. The minimum atomic E-state index is -5.10. The molecule has 1 saturated heterocycles. The number of rotatable bonds is 7. The molecule has 2 aromatic rings. The van der Waals surface area contributed by atoms with Crippen molar-refractivity contribution in [2.75, 3.05) is 13.1 Å². The maximum absolute atomic E-state index is 15.5. The Bertz CT molecular complexity index is 1220. The summed E-state index contributed by atoms with van der Waals surface area (Å²) in [6.07, 6.45) is -4.26. The fourth-order valence-electron chi connectivity index (χ4n) is 4.74. The molecule has 1 saturated carbocycles. The molecule has 13 heteroatoms. The zero-order valence-corrected chi connectivity index (χ0v) is 19.6. The van der Waals surface area contributed by atoms with Gasteiger partial charge in [0.15, 0.2) is 0 Å². The molecule has 36 heavy (non-hydrogen) atoms. The van der Waals surface area contributed by atoms with E-state index in [1.165, 1.54) is 12.1 Å². The lowest BCUT2D eigenvalue weighted by Gasteiger charge is -2.30. The molecular weight excluding hydrogens is 512 g/mol. The molecule has 2 fully saturated rings. The Hall–Kier alpha value is -2.80. The van der Waals surface area contributed by atoms with Crippen molar-refractivity contribution in [1.82, 2.24) is 14.9 Å². The third-order valence-corrected chi connectivity index (χ3v) is 7.69. The summed E-state index contributed by atoms with van der Waals surface area (Å²) in [7, 11) is -5.10. The molecule has 0 radical (unpaired) electrons. The number of likely N-dealkylation sites (tertiary alicyclic amines) is 1. The molecule has 0 aromatic heterocycles. The van der Waals surface area contributed by atoms with Crippen LogP contribution in [0.25, 0.3) is 11.1 Å². The number of carbonyl (C=O) groups excluding carboxylic acids is 1. The predicted octanol–water partition coefficient (Wildman–Crippen LogP) is 4.28. The molecule has 1 aliphatic heterocycles. The van der Waals surface area contributed by atoms with E-state index in [2.05, 4.69) is 0 Å². The number of hydrogen-bond donors (Lipinski definition) is 2. The first-order valence-corrected chi connectivity index (χ1v) is 12.6. The summed E-state index contributed by atoms with van der Waals surface area (Å²) in [4.78, 5) is 13.7. The van der Waals surface area contributed by atoms with E-state index < -0.39 is 57.8 Å². The van der Waals surface area contributed by atoms with Crippen LogP contribution < -0.4 is 10.0 Å². The Labute approximate surface area is 203 Å². The monoisotopic (exact) mass is 535 g/mol. The van der Waals surface area contributed by atoms with E-state index in [4.69, 9.17) is 0 Å². The molecule has 196 valence electrons. The first kappa shape index (κ1) is 26.3. The van der Waals surface area contributed by atoms with Gasteiger partial charge in [-0.2, -0.15) is 22.0 Å². The smallest absolute Gasteiger partial charge is 0.329 e. The van der Waals surface area contributed by atoms with Crippen molar-refractivity contribution in [3.63, 3.8) is 0 Å². The van der Waals surface area contributed by atoms with Crippen molar-refractivity contribution in [1.29, 1.82) is 0 Å². The van der Waals surface area contributed by atoms with Crippen LogP contribution in [0.5, 0.6) is 0 Å². The highest BCUT2D eigenvalue weighted by Gasteiger charge is 2.62. The Kier molecular flexibility index (Phi) is 6.99. The van der Waals surface area contributed by atoms with Gasteiger partial charge in [0.25, 0.3) is 10.0 Å². The molecule has 0 unspecified atom stereocenters. The van der Waals surface area contributed by atoms with E-state index in [9.17, 15) is 35.2 Å². The van der Waals surface area contributed by atoms with Crippen molar-refractivity contribution >= 4 is 16.1 Å². The highest BCUT2D eigenvalue weighted by atomic mass is 32.2. The number of halogens is 6. The normalized spacial score (nSPS) is 21.2. The van der Waals surface area contributed by atoms with Crippen LogP contribution in [0.15, 0.2) is 48.5 Å². The maximum Gasteiger partial charge on any atom is 0.405 e. The Balaban J connectivity index is 1.69. The summed E-state index contributed by atoms with van der Waals surface area (Å²) < 4.78 is 106. The number of sulfonamides is 1. The molecule has 1 aliphatic carbocycles. The molecule has 2 amide bonds. The van der Waals surface area contributed by atoms with Gasteiger partial charge in [0.2, 0.25) is 0 Å². The van der Waals surface area contributed by atoms with Gasteiger partial charge in [-0.05, 0) is 30.4 Å². The van der Waals surface area contributed by atoms with E-state index in [0.717, 1.165) is 4.90 Å². The number of carbonyl (C=O) groups is 1. The molecule has 2 aromatic carbocycles. The Morgan fingerprint density at radius 1 is 1.08 bits per heavy atom. The second kappa shape index (κ2) is 9.58. The van der Waals surface area contributed by atoms with Gasteiger partial charge in [-0.1, -0.05) is 48.5 Å². The molecule has 2 atom stereocenters. The van der Waals surface area contributed by atoms with Crippen LogP contribution in [0.3, 0.4) is 0 Å². The first-order valence-electron chi connectivity index (χ1n) is 11.1. The van der Waals surface area contributed by atoms with Gasteiger partial charge in [0, 0.05) is 17.5 Å². The van der Waals surface area contributed by atoms with Gasteiger partial charge in [0.05, 0.1) is 12.1 Å². The third kappa shape index (κ3) is 5.46. The number of nitrogens with zero attached hydrogens (tertiary/aromatic N) is 1. The number of nitrogens with one attached hydrogen (secondary N) is 2. The van der Waals surface area contributed by atoms with E-state index in [1.807, 2.05) is 4.72 Å². The second-order valence-electron chi connectivity index (χ2n) is 9.08. The van der Waals surface area contributed by atoms with Crippen LogP contribution in [-0.4, -0.2) is 56.5 Å². The topological polar surface area (TPSA) is 78.5 Å². The highest BCUT2D eigenvalue weighted by Crippen LogP contribution is 2.55. The summed E-state index contributed by atoms with van der Waals surface area (Å²) in [5.74, 6) is -4.41. The van der Waals surface area contributed by atoms with Crippen molar-refractivity contribution in [2.24, 2.45) is 5.41 Å². The number of alkyl halides is 5. The average molecular weight is 536 g/mol. The molecular formula is C23H23F6N3O3S. The zero-order valence-electron chi connectivity index (χ0n) is 18.7. The average Bonchev–Trinajstić information content (AvgIpc) is 3.54. The summed E-state index contributed by atoms with van der Waals surface area (Å²) in [5.41, 5.74) is -0.0778. The largest absolute Gasteiger partial charge is 0.405 e. The minimum absolute atomic E-state index is 0.0638. The SMILES string of the molecule is O=C(NCC(F)(F)F)N1CC2(CC2)[C@H](NS(=O)(=O)C(F)F)[C@@H]1Cc1cccc(-c2ccccc2)c1F. The van der Waals surface area contributed by atoms with Gasteiger partial charge in [-0.25, -0.2) is 22.3 Å². The van der Waals surface area contributed by atoms with Crippen molar-refractivity contribution < 1.29 is 39.6 Å². The van der Waals surface area contributed by atoms with Gasteiger partial charge in [0.1, 0.15) is 12.4 Å². The van der Waals surface area contributed by atoms with Crippen LogP contribution in [0.2, 0.25) is 0 Å². The van der Waals surface area contributed by atoms with Crippen LogP contribution in [0.4, 0.5) is 31.1 Å². The fraction of sp³-hybridized carbons (Fsp3) is 0.435. The number of hydrogen-bond acceptors (Lipinski definition) is 3. The van der Waals surface area contributed by atoms with Crippen LogP contribution in [-0.2, 0) is 16.4 Å². The van der Waals surface area contributed by atoms with Gasteiger partial charge in [-0.3, -0.25) is 0 Å². The first-order chi connectivity index (χ1) is 16.8. The maximum atomic E-state index is 15.5. The standard InChI is InChI=1S/C23H23F6N3O3S/c24-18-15(7-4-8-16(18)14-5-2-1-3-6-14)11-17-19(31-36(34,35)20(25)26)22(9-10-22)13-32(17)21(33)30-12-23(27,28)29/h1-8,17,19-20,31H,9-13H2,(H,30,33)/t17-,19+/m0/s1. The van der Waals surface area contributed by atoms with E-state index in [-0.39, 0.29) is 24.1 Å². The quantitative estimate of drug-likeness (QED) is 0.520. The summed E-state index contributed by atoms with van der Waals surface area (Å²) in [6, 6.07) is 9.42. The van der Waals surface area contributed by atoms with Crippen molar-refractivity contribution in [3.8, 4) is 11.1 Å². The molecule has 6 nitrogen and oxygen atoms in total. The van der Waals surface area contributed by atoms with E-state index in [1.54, 1.807) is 41.7 Å². The Morgan fingerprint density at radius 2 is 1.75 bits per heavy atom. The fourth-order valence-corrected chi connectivity index (χ4v) is 5.60. The lowest BCUT2D eigenvalue weighted by molar-refractivity contribution is -0.123. The van der Waals surface area contributed by atoms with Crippen LogP contribution >= 0.6 is 0 Å².